The van der Waals surface area contributed by atoms with Gasteiger partial charge >= 0.3 is 0 Å². The van der Waals surface area contributed by atoms with Crippen LogP contribution in [0.4, 0.5) is 5.69 Å². The molecule has 4 nitrogen and oxygen atoms in total. The highest BCUT2D eigenvalue weighted by Gasteiger charge is 2.13. The summed E-state index contributed by atoms with van der Waals surface area (Å²) in [6, 6.07) is 1.90. The van der Waals surface area contributed by atoms with Gasteiger partial charge in [-0.2, -0.15) is 0 Å². The van der Waals surface area contributed by atoms with Crippen molar-refractivity contribution in [1.29, 1.82) is 0 Å². The van der Waals surface area contributed by atoms with Crippen LogP contribution >= 0.6 is 0 Å². The minimum absolute atomic E-state index is 0.164. The number of carbonyl (C=O) groups is 1. The van der Waals surface area contributed by atoms with Crippen LogP contribution in [0, 0.1) is 13.8 Å². The van der Waals surface area contributed by atoms with E-state index in [4.69, 9.17) is 9.47 Å². The van der Waals surface area contributed by atoms with Gasteiger partial charge in [0, 0.05) is 19.0 Å². The molecule has 0 fully saturated rings. The molecule has 0 aromatic heterocycles. The molecule has 0 saturated heterocycles. The molecule has 0 bridgehead atoms. The molecule has 1 aromatic rings. The number of hydrogen-bond acceptors (Lipinski definition) is 4. The Morgan fingerprint density at radius 2 is 1.89 bits per heavy atom. The fourth-order valence-electron chi connectivity index (χ4n) is 1.84. The van der Waals surface area contributed by atoms with E-state index in [1.807, 2.05) is 19.9 Å². The molecule has 0 atom stereocenters. The number of ketones is 1. The number of rotatable bonds is 6. The summed E-state index contributed by atoms with van der Waals surface area (Å²) in [5, 5.41) is 3.21. The van der Waals surface area contributed by atoms with Crippen LogP contribution in [0.5, 0.6) is 11.5 Å². The van der Waals surface area contributed by atoms with Crippen LogP contribution in [0.2, 0.25) is 0 Å². The summed E-state index contributed by atoms with van der Waals surface area (Å²) in [7, 11) is 3.29. The molecule has 1 aromatic carbocycles. The monoisotopic (exact) mass is 251 g/mol. The van der Waals surface area contributed by atoms with Gasteiger partial charge in [0.15, 0.2) is 0 Å². The summed E-state index contributed by atoms with van der Waals surface area (Å²) in [4.78, 5) is 10.9. The first-order chi connectivity index (χ1) is 8.51. The minimum Gasteiger partial charge on any atom is -0.496 e. The zero-order valence-electron chi connectivity index (χ0n) is 11.7. The third kappa shape index (κ3) is 3.15. The van der Waals surface area contributed by atoms with E-state index in [1.54, 1.807) is 21.1 Å². The van der Waals surface area contributed by atoms with E-state index >= 15 is 0 Å². The Morgan fingerprint density at radius 3 is 2.39 bits per heavy atom. The molecule has 0 saturated carbocycles. The Labute approximate surface area is 108 Å². The number of hydrogen-bond donors (Lipinski definition) is 1. The fraction of sp³-hybridized carbons (Fsp3) is 0.500. The quantitative estimate of drug-likeness (QED) is 0.844. The maximum atomic E-state index is 10.9. The van der Waals surface area contributed by atoms with Crippen LogP contribution in [0.3, 0.4) is 0 Å². The standard InChI is InChI=1S/C14H21NO3/c1-9(16)6-7-15-12-8-13(17-4)10(2)11(3)14(12)18-5/h8,15H,6-7H2,1-5H3. The van der Waals surface area contributed by atoms with Gasteiger partial charge in [0.25, 0.3) is 0 Å². The van der Waals surface area contributed by atoms with Gasteiger partial charge in [0.05, 0.1) is 19.9 Å². The number of Topliss-reactive ketones (excluding diaryl/α,β-unsaturated/α-hetero) is 1. The number of anilines is 1. The third-order valence-corrected chi connectivity index (χ3v) is 3.01. The van der Waals surface area contributed by atoms with Crippen molar-refractivity contribution >= 4 is 11.5 Å². The topological polar surface area (TPSA) is 47.6 Å². The Balaban J connectivity index is 3.01. The van der Waals surface area contributed by atoms with Crippen molar-refractivity contribution in [3.63, 3.8) is 0 Å². The Morgan fingerprint density at radius 1 is 1.22 bits per heavy atom. The summed E-state index contributed by atoms with van der Waals surface area (Å²) in [5.74, 6) is 1.78. The van der Waals surface area contributed by atoms with E-state index < -0.39 is 0 Å². The van der Waals surface area contributed by atoms with Gasteiger partial charge in [-0.25, -0.2) is 0 Å². The maximum Gasteiger partial charge on any atom is 0.145 e. The van der Waals surface area contributed by atoms with Gasteiger partial charge in [0.2, 0.25) is 0 Å². The summed E-state index contributed by atoms with van der Waals surface area (Å²) in [5.41, 5.74) is 2.97. The number of nitrogens with one attached hydrogen (secondary N) is 1. The zero-order valence-corrected chi connectivity index (χ0v) is 11.7. The second kappa shape index (κ2) is 6.28. The lowest BCUT2D eigenvalue weighted by Crippen LogP contribution is -2.08. The van der Waals surface area contributed by atoms with E-state index in [0.29, 0.717) is 13.0 Å². The van der Waals surface area contributed by atoms with Crippen LogP contribution in [0.25, 0.3) is 0 Å². The summed E-state index contributed by atoms with van der Waals surface area (Å²) in [6.45, 7) is 6.17. The molecular formula is C14H21NO3. The van der Waals surface area contributed by atoms with E-state index in [0.717, 1.165) is 28.3 Å². The molecule has 0 radical (unpaired) electrons. The highest BCUT2D eigenvalue weighted by atomic mass is 16.5. The predicted octanol–water partition coefficient (Wildman–Crippen LogP) is 2.71. The SMILES string of the molecule is COc1cc(NCCC(C)=O)c(OC)c(C)c1C. The predicted molar refractivity (Wildman–Crippen MR) is 72.8 cm³/mol. The highest BCUT2D eigenvalue weighted by molar-refractivity contribution is 5.76. The normalized spacial score (nSPS) is 10.1. The molecule has 1 rings (SSSR count). The largest absolute Gasteiger partial charge is 0.496 e. The number of benzene rings is 1. The first-order valence-electron chi connectivity index (χ1n) is 5.96. The van der Waals surface area contributed by atoms with Crippen LogP contribution in [-0.2, 0) is 4.79 Å². The van der Waals surface area contributed by atoms with E-state index in [2.05, 4.69) is 5.32 Å². The molecule has 100 valence electrons. The molecule has 4 heteroatoms. The van der Waals surface area contributed by atoms with Crippen LogP contribution in [0.1, 0.15) is 24.5 Å². The van der Waals surface area contributed by atoms with Crippen molar-refractivity contribution in [2.24, 2.45) is 0 Å². The average molecular weight is 251 g/mol. The molecule has 0 aliphatic carbocycles. The van der Waals surface area contributed by atoms with Crippen molar-refractivity contribution in [3.05, 3.63) is 17.2 Å². The van der Waals surface area contributed by atoms with Gasteiger partial charge in [-0.3, -0.25) is 4.79 Å². The number of carbonyl (C=O) groups excluding carboxylic acids is 1. The summed E-state index contributed by atoms with van der Waals surface area (Å²) >= 11 is 0. The second-order valence-electron chi connectivity index (χ2n) is 4.29. The summed E-state index contributed by atoms with van der Waals surface area (Å²) < 4.78 is 10.7. The van der Waals surface area contributed by atoms with Gasteiger partial charge < -0.3 is 14.8 Å². The molecule has 0 aliphatic heterocycles. The Bertz CT molecular complexity index is 441. The fourth-order valence-corrected chi connectivity index (χ4v) is 1.84. The van der Waals surface area contributed by atoms with Gasteiger partial charge in [-0.15, -0.1) is 0 Å². The van der Waals surface area contributed by atoms with Gasteiger partial charge in [-0.1, -0.05) is 0 Å². The number of methoxy groups -OCH3 is 2. The third-order valence-electron chi connectivity index (χ3n) is 3.01. The zero-order chi connectivity index (χ0) is 13.7. The van der Waals surface area contributed by atoms with Crippen molar-refractivity contribution in [3.8, 4) is 11.5 Å². The van der Waals surface area contributed by atoms with Crippen molar-refractivity contribution in [2.75, 3.05) is 26.1 Å². The van der Waals surface area contributed by atoms with E-state index in [-0.39, 0.29) is 5.78 Å². The van der Waals surface area contributed by atoms with Crippen molar-refractivity contribution < 1.29 is 14.3 Å². The van der Waals surface area contributed by atoms with Crippen LogP contribution < -0.4 is 14.8 Å². The Hall–Kier alpha value is -1.71. The van der Waals surface area contributed by atoms with Crippen molar-refractivity contribution in [1.82, 2.24) is 0 Å². The van der Waals surface area contributed by atoms with E-state index in [9.17, 15) is 4.79 Å². The molecule has 0 aliphatic rings. The number of ether oxygens (including phenoxy) is 2. The maximum absolute atomic E-state index is 10.9. The lowest BCUT2D eigenvalue weighted by atomic mass is 10.1. The van der Waals surface area contributed by atoms with Gasteiger partial charge in [0.1, 0.15) is 17.3 Å². The van der Waals surface area contributed by atoms with Crippen LogP contribution in [-0.4, -0.2) is 26.5 Å². The lowest BCUT2D eigenvalue weighted by Gasteiger charge is -2.17. The molecule has 18 heavy (non-hydrogen) atoms. The Kier molecular flexibility index (Phi) is 5.01. The molecular weight excluding hydrogens is 230 g/mol. The van der Waals surface area contributed by atoms with Gasteiger partial charge in [-0.05, 0) is 31.9 Å². The first-order valence-corrected chi connectivity index (χ1v) is 5.96. The molecule has 0 unspecified atom stereocenters. The molecule has 1 N–H and O–H groups in total. The smallest absolute Gasteiger partial charge is 0.145 e. The van der Waals surface area contributed by atoms with E-state index in [1.165, 1.54) is 0 Å². The van der Waals surface area contributed by atoms with Crippen LogP contribution in [0.15, 0.2) is 6.07 Å². The minimum atomic E-state index is 0.164. The molecule has 0 amide bonds. The molecule has 0 heterocycles. The summed E-state index contributed by atoms with van der Waals surface area (Å²) in [6.07, 6.45) is 0.498. The average Bonchev–Trinajstić information content (AvgIpc) is 2.33. The first kappa shape index (κ1) is 14.4. The molecule has 0 spiro atoms. The highest BCUT2D eigenvalue weighted by Crippen LogP contribution is 2.36. The lowest BCUT2D eigenvalue weighted by molar-refractivity contribution is -0.116. The van der Waals surface area contributed by atoms with Crippen molar-refractivity contribution in [2.45, 2.75) is 27.2 Å². The second-order valence-corrected chi connectivity index (χ2v) is 4.29.